The highest BCUT2D eigenvalue weighted by molar-refractivity contribution is 5.84. The van der Waals surface area contributed by atoms with Crippen LogP contribution in [0.1, 0.15) is 23.1 Å². The second-order valence-corrected chi connectivity index (χ2v) is 3.93. The lowest BCUT2D eigenvalue weighted by molar-refractivity contribution is -0.385. The molecule has 0 radical (unpaired) electrons. The lowest BCUT2D eigenvalue weighted by atomic mass is 9.86. The van der Waals surface area contributed by atoms with Gasteiger partial charge in [-0.3, -0.25) is 14.9 Å². The summed E-state index contributed by atoms with van der Waals surface area (Å²) in [7, 11) is 0. The van der Waals surface area contributed by atoms with Crippen LogP contribution in [0.25, 0.3) is 0 Å². The highest BCUT2D eigenvalue weighted by Gasteiger charge is 2.27. The van der Waals surface area contributed by atoms with Gasteiger partial charge in [-0.15, -0.1) is 0 Å². The van der Waals surface area contributed by atoms with Gasteiger partial charge in [0.15, 0.2) is 0 Å². The van der Waals surface area contributed by atoms with E-state index in [0.717, 1.165) is 6.07 Å². The number of halogens is 1. The minimum atomic E-state index is -0.611. The fourth-order valence-electron chi connectivity index (χ4n) is 2.07. The largest absolute Gasteiger partial charge is 0.299 e. The molecule has 4 nitrogen and oxygen atoms in total. The van der Waals surface area contributed by atoms with Gasteiger partial charge in [-0.2, -0.15) is 0 Å². The number of hydrogen-bond donors (Lipinski definition) is 0. The average molecular weight is 223 g/mol. The molecule has 0 aliphatic heterocycles. The fraction of sp³-hybridized carbons (Fsp3) is 0.364. The number of rotatable bonds is 1. The highest BCUT2D eigenvalue weighted by Crippen LogP contribution is 2.32. The van der Waals surface area contributed by atoms with Crippen molar-refractivity contribution in [3.05, 3.63) is 38.7 Å². The van der Waals surface area contributed by atoms with E-state index in [2.05, 4.69) is 0 Å². The maximum absolute atomic E-state index is 13.4. The molecule has 16 heavy (non-hydrogen) atoms. The van der Waals surface area contributed by atoms with Gasteiger partial charge in [0.25, 0.3) is 5.69 Å². The van der Waals surface area contributed by atoms with Crippen LogP contribution in [0, 0.1) is 22.9 Å². The van der Waals surface area contributed by atoms with Crippen LogP contribution in [-0.4, -0.2) is 10.7 Å². The number of hydrogen-bond acceptors (Lipinski definition) is 3. The first-order valence-corrected chi connectivity index (χ1v) is 4.97. The molecule has 5 heteroatoms. The Hall–Kier alpha value is -1.78. The van der Waals surface area contributed by atoms with Crippen molar-refractivity contribution in [2.24, 2.45) is 0 Å². The monoisotopic (exact) mass is 223 g/mol. The van der Waals surface area contributed by atoms with E-state index in [4.69, 9.17) is 0 Å². The van der Waals surface area contributed by atoms with Gasteiger partial charge in [0.1, 0.15) is 11.6 Å². The summed E-state index contributed by atoms with van der Waals surface area (Å²) < 4.78 is 13.4. The first kappa shape index (κ1) is 10.7. The van der Waals surface area contributed by atoms with Crippen LogP contribution in [0.2, 0.25) is 0 Å². The van der Waals surface area contributed by atoms with Gasteiger partial charge in [0.2, 0.25) is 0 Å². The van der Waals surface area contributed by atoms with Crippen LogP contribution in [0.4, 0.5) is 10.1 Å². The number of benzene rings is 1. The predicted octanol–water partition coefficient (Wildman–Crippen LogP) is 2.10. The topological polar surface area (TPSA) is 60.2 Å². The minimum Gasteiger partial charge on any atom is -0.299 e. The Bertz CT molecular complexity index is 496. The van der Waals surface area contributed by atoms with E-state index in [9.17, 15) is 19.3 Å². The Morgan fingerprint density at radius 2 is 2.06 bits per heavy atom. The van der Waals surface area contributed by atoms with Crippen molar-refractivity contribution >= 4 is 11.5 Å². The van der Waals surface area contributed by atoms with Gasteiger partial charge in [-0.1, -0.05) is 0 Å². The Morgan fingerprint density at radius 1 is 1.38 bits per heavy atom. The number of nitro benzene ring substituents is 1. The first-order valence-electron chi connectivity index (χ1n) is 4.97. The van der Waals surface area contributed by atoms with Crippen LogP contribution in [-0.2, 0) is 17.6 Å². The van der Waals surface area contributed by atoms with Crippen molar-refractivity contribution in [1.29, 1.82) is 0 Å². The molecule has 0 amide bonds. The summed E-state index contributed by atoms with van der Waals surface area (Å²) in [5.74, 6) is -0.601. The lowest BCUT2D eigenvalue weighted by Crippen LogP contribution is -2.17. The van der Waals surface area contributed by atoms with Crippen molar-refractivity contribution in [1.82, 2.24) is 0 Å². The molecule has 1 aliphatic rings. The van der Waals surface area contributed by atoms with E-state index in [1.54, 1.807) is 6.92 Å². The Labute approximate surface area is 91.2 Å². The molecule has 0 N–H and O–H groups in total. The second-order valence-electron chi connectivity index (χ2n) is 3.93. The van der Waals surface area contributed by atoms with Crippen molar-refractivity contribution in [2.75, 3.05) is 0 Å². The summed E-state index contributed by atoms with van der Waals surface area (Å²) in [5, 5.41) is 10.8. The molecule has 0 bridgehead atoms. The molecule has 0 fully saturated rings. The van der Waals surface area contributed by atoms with Gasteiger partial charge in [0, 0.05) is 18.4 Å². The van der Waals surface area contributed by atoms with E-state index in [1.165, 1.54) is 0 Å². The van der Waals surface area contributed by atoms with Crippen LogP contribution < -0.4 is 0 Å². The maximum atomic E-state index is 13.4. The third kappa shape index (κ3) is 1.58. The molecule has 0 atom stereocenters. The third-order valence-corrected chi connectivity index (χ3v) is 2.97. The minimum absolute atomic E-state index is 0.00972. The van der Waals surface area contributed by atoms with Gasteiger partial charge in [-0.25, -0.2) is 4.39 Å². The predicted molar refractivity (Wildman–Crippen MR) is 54.8 cm³/mol. The van der Waals surface area contributed by atoms with Crippen molar-refractivity contribution in [2.45, 2.75) is 26.2 Å². The van der Waals surface area contributed by atoms with Crippen molar-refractivity contribution < 1.29 is 14.1 Å². The molecule has 0 spiro atoms. The molecule has 1 aliphatic carbocycles. The van der Waals surface area contributed by atoms with Gasteiger partial charge in [0.05, 0.1) is 11.0 Å². The van der Waals surface area contributed by atoms with Crippen LogP contribution in [0.3, 0.4) is 0 Å². The van der Waals surface area contributed by atoms with Crippen LogP contribution in [0.15, 0.2) is 6.07 Å². The number of carbonyl (C=O) groups excluding carboxylic acids is 1. The number of ketones is 1. The summed E-state index contributed by atoms with van der Waals surface area (Å²) in [6, 6.07) is 0.948. The molecule has 1 aromatic rings. The van der Waals surface area contributed by atoms with Crippen molar-refractivity contribution in [3.8, 4) is 0 Å². The molecular formula is C11H10FNO3. The average Bonchev–Trinajstić information content (AvgIpc) is 2.23. The van der Waals surface area contributed by atoms with Crippen LogP contribution in [0.5, 0.6) is 0 Å². The molecule has 0 heterocycles. The van der Waals surface area contributed by atoms with Crippen molar-refractivity contribution in [3.63, 3.8) is 0 Å². The summed E-state index contributed by atoms with van der Waals surface area (Å²) >= 11 is 0. The van der Waals surface area contributed by atoms with E-state index >= 15 is 0 Å². The summed E-state index contributed by atoms with van der Waals surface area (Å²) in [5.41, 5.74) is 1.17. The molecule has 1 aromatic carbocycles. The third-order valence-electron chi connectivity index (χ3n) is 2.97. The summed E-state index contributed by atoms with van der Waals surface area (Å²) in [4.78, 5) is 21.5. The summed E-state index contributed by atoms with van der Waals surface area (Å²) in [6.45, 7) is 1.55. The fourth-order valence-corrected chi connectivity index (χ4v) is 2.07. The van der Waals surface area contributed by atoms with E-state index < -0.39 is 10.7 Å². The van der Waals surface area contributed by atoms with Gasteiger partial charge >= 0.3 is 0 Å². The number of fused-ring (bicyclic) bond motifs is 1. The molecule has 0 saturated carbocycles. The summed E-state index contributed by atoms with van der Waals surface area (Å²) in [6.07, 6.45) is 0.754. The smallest absolute Gasteiger partial charge is 0.275 e. The second kappa shape index (κ2) is 3.66. The van der Waals surface area contributed by atoms with E-state index in [-0.39, 0.29) is 17.9 Å². The Morgan fingerprint density at radius 3 is 2.69 bits per heavy atom. The zero-order valence-electron chi connectivity index (χ0n) is 8.75. The maximum Gasteiger partial charge on any atom is 0.275 e. The molecular weight excluding hydrogens is 213 g/mol. The van der Waals surface area contributed by atoms with Gasteiger partial charge in [-0.05, 0) is 24.5 Å². The zero-order valence-corrected chi connectivity index (χ0v) is 8.75. The number of Topliss-reactive ketones (excluding diaryl/α,β-unsaturated/α-hetero) is 1. The normalized spacial score (nSPS) is 14.8. The first-order chi connectivity index (χ1) is 7.50. The van der Waals surface area contributed by atoms with Crippen LogP contribution >= 0.6 is 0 Å². The van der Waals surface area contributed by atoms with E-state index in [0.29, 0.717) is 29.5 Å². The SMILES string of the molecule is Cc1c(F)cc([N+](=O)[O-])c2c1CC(=O)CC2. The number of carbonyl (C=O) groups is 1. The lowest BCUT2D eigenvalue weighted by Gasteiger charge is -2.17. The number of nitrogens with zero attached hydrogens (tertiary/aromatic N) is 1. The molecule has 0 aromatic heterocycles. The Balaban J connectivity index is 2.68. The standard InChI is InChI=1S/C11H10FNO3/c1-6-9-4-7(14)2-3-8(9)11(13(15)16)5-10(6)12/h5H,2-4H2,1H3. The molecule has 0 unspecified atom stereocenters. The quantitative estimate of drug-likeness (QED) is 0.541. The number of nitro groups is 1. The molecule has 84 valence electrons. The molecule has 2 rings (SSSR count). The molecule has 0 saturated heterocycles. The van der Waals surface area contributed by atoms with Gasteiger partial charge < -0.3 is 0 Å². The Kier molecular flexibility index (Phi) is 2.46. The zero-order chi connectivity index (χ0) is 11.9. The highest BCUT2D eigenvalue weighted by atomic mass is 19.1. The van der Waals surface area contributed by atoms with E-state index in [1.807, 2.05) is 0 Å².